The predicted octanol–water partition coefficient (Wildman–Crippen LogP) is 2.83. The third kappa shape index (κ3) is 1.44. The third-order valence-corrected chi connectivity index (χ3v) is 3.60. The maximum atomic E-state index is 13.1. The molecular weight excluding hydrogens is 313 g/mol. The van der Waals surface area contributed by atoms with Gasteiger partial charge in [0.1, 0.15) is 11.1 Å². The van der Waals surface area contributed by atoms with Crippen LogP contribution in [0, 0.1) is 0 Å². The van der Waals surface area contributed by atoms with Gasteiger partial charge in [0.2, 0.25) is 5.95 Å². The van der Waals surface area contributed by atoms with Crippen LogP contribution in [-0.2, 0) is 5.54 Å². The smallest absolute Gasteiger partial charge is 0.369 e. The Labute approximate surface area is 108 Å². The van der Waals surface area contributed by atoms with E-state index in [2.05, 4.69) is 25.9 Å². The highest BCUT2D eigenvalue weighted by molar-refractivity contribution is 9.10. The van der Waals surface area contributed by atoms with E-state index >= 15 is 0 Å². The van der Waals surface area contributed by atoms with Crippen LogP contribution in [-0.4, -0.2) is 20.7 Å². The molecule has 2 aromatic heterocycles. The maximum Gasteiger partial charge on any atom is 0.412 e. The fourth-order valence-electron chi connectivity index (χ4n) is 2.13. The second kappa shape index (κ2) is 3.37. The summed E-state index contributed by atoms with van der Waals surface area (Å²) in [6.07, 6.45) is -2.87. The van der Waals surface area contributed by atoms with Gasteiger partial charge < -0.3 is 5.73 Å². The normalized spacial score (nSPS) is 18.2. The van der Waals surface area contributed by atoms with E-state index in [0.717, 1.165) is 4.57 Å². The molecule has 1 fully saturated rings. The first kappa shape index (κ1) is 11.8. The highest BCUT2D eigenvalue weighted by atomic mass is 79.9. The molecule has 0 amide bonds. The Kier molecular flexibility index (Phi) is 2.20. The van der Waals surface area contributed by atoms with Crippen LogP contribution in [0.5, 0.6) is 0 Å². The van der Waals surface area contributed by atoms with Crippen LogP contribution in [0.25, 0.3) is 11.2 Å². The van der Waals surface area contributed by atoms with Gasteiger partial charge in [-0.1, -0.05) is 0 Å². The summed E-state index contributed by atoms with van der Waals surface area (Å²) in [4.78, 5) is 7.94. The summed E-state index contributed by atoms with van der Waals surface area (Å²) >= 11 is 3.20. The van der Waals surface area contributed by atoms with Crippen LogP contribution in [0.3, 0.4) is 0 Å². The van der Waals surface area contributed by atoms with Crippen molar-refractivity contribution in [3.05, 3.63) is 16.7 Å². The second-order valence-electron chi connectivity index (χ2n) is 4.33. The molecule has 0 unspecified atom stereocenters. The number of fused-ring (bicyclic) bond motifs is 1. The van der Waals surface area contributed by atoms with Crippen molar-refractivity contribution < 1.29 is 13.2 Å². The predicted molar refractivity (Wildman–Crippen MR) is 62.9 cm³/mol. The van der Waals surface area contributed by atoms with Crippen LogP contribution >= 0.6 is 15.9 Å². The Balaban J connectivity index is 2.27. The number of nitrogens with two attached hydrogens (primary N) is 1. The highest BCUT2D eigenvalue weighted by Crippen LogP contribution is 2.57. The van der Waals surface area contributed by atoms with Gasteiger partial charge in [-0.25, -0.2) is 9.97 Å². The first-order chi connectivity index (χ1) is 8.35. The number of hydrogen-bond acceptors (Lipinski definition) is 3. The van der Waals surface area contributed by atoms with E-state index in [1.54, 1.807) is 6.07 Å². The SMILES string of the molecule is Nc1nc2cc(Br)cnc2n1C1(C(F)(F)F)CC1. The molecule has 1 saturated carbocycles. The average Bonchev–Trinajstić information content (AvgIpc) is 2.97. The lowest BCUT2D eigenvalue weighted by atomic mass is 10.2. The summed E-state index contributed by atoms with van der Waals surface area (Å²) in [7, 11) is 0. The summed E-state index contributed by atoms with van der Waals surface area (Å²) in [6, 6.07) is 1.60. The first-order valence-electron chi connectivity index (χ1n) is 5.22. The molecule has 1 aliphatic carbocycles. The molecule has 0 atom stereocenters. The Morgan fingerprint density at radius 1 is 1.39 bits per heavy atom. The first-order valence-corrected chi connectivity index (χ1v) is 6.01. The molecule has 0 aliphatic heterocycles. The standard InChI is InChI=1S/C10H8BrF3N4/c11-5-3-6-7(16-4-5)18(8(15)17-6)9(1-2-9)10(12,13)14/h3-4H,1-2H2,(H2,15,17). The van der Waals surface area contributed by atoms with E-state index in [1.807, 2.05) is 0 Å². The van der Waals surface area contributed by atoms with E-state index in [1.165, 1.54) is 6.20 Å². The summed E-state index contributed by atoms with van der Waals surface area (Å²) in [5.74, 6) is -0.148. The van der Waals surface area contributed by atoms with E-state index in [4.69, 9.17) is 5.73 Å². The Hall–Kier alpha value is -1.31. The van der Waals surface area contributed by atoms with Crippen molar-refractivity contribution in [1.29, 1.82) is 0 Å². The van der Waals surface area contributed by atoms with Gasteiger partial charge >= 0.3 is 6.18 Å². The molecule has 2 aromatic rings. The molecule has 0 bridgehead atoms. The van der Waals surface area contributed by atoms with Gasteiger partial charge in [-0.15, -0.1) is 0 Å². The van der Waals surface area contributed by atoms with Crippen molar-refractivity contribution in [2.24, 2.45) is 0 Å². The number of halogens is 4. The lowest BCUT2D eigenvalue weighted by Gasteiger charge is -2.22. The van der Waals surface area contributed by atoms with Crippen molar-refractivity contribution in [2.45, 2.75) is 24.6 Å². The minimum absolute atomic E-state index is 0.0178. The number of pyridine rings is 1. The van der Waals surface area contributed by atoms with E-state index in [-0.39, 0.29) is 24.4 Å². The topological polar surface area (TPSA) is 56.7 Å². The molecule has 2 N–H and O–H groups in total. The third-order valence-electron chi connectivity index (χ3n) is 3.17. The molecule has 0 aromatic carbocycles. The number of alkyl halides is 3. The van der Waals surface area contributed by atoms with Crippen LogP contribution in [0.15, 0.2) is 16.7 Å². The molecule has 1 aliphatic rings. The number of hydrogen-bond donors (Lipinski definition) is 1. The molecule has 0 saturated heterocycles. The monoisotopic (exact) mass is 320 g/mol. The van der Waals surface area contributed by atoms with Crippen LogP contribution in [0.4, 0.5) is 19.1 Å². The number of imidazole rings is 1. The maximum absolute atomic E-state index is 13.1. The Morgan fingerprint density at radius 3 is 2.61 bits per heavy atom. The van der Waals surface area contributed by atoms with Crippen LogP contribution in [0.1, 0.15) is 12.8 Å². The number of anilines is 1. The van der Waals surface area contributed by atoms with Crippen molar-refractivity contribution >= 4 is 33.0 Å². The van der Waals surface area contributed by atoms with Crippen molar-refractivity contribution in [2.75, 3.05) is 5.73 Å². The molecule has 2 heterocycles. The Bertz CT molecular complexity index is 630. The summed E-state index contributed by atoms with van der Waals surface area (Å²) < 4.78 is 41.0. The van der Waals surface area contributed by atoms with Gasteiger partial charge in [0, 0.05) is 10.7 Å². The van der Waals surface area contributed by atoms with E-state index in [9.17, 15) is 13.2 Å². The summed E-state index contributed by atoms with van der Waals surface area (Å²) in [5.41, 5.74) is 4.23. The lowest BCUT2D eigenvalue weighted by molar-refractivity contribution is -0.178. The van der Waals surface area contributed by atoms with E-state index < -0.39 is 11.7 Å². The highest BCUT2D eigenvalue weighted by Gasteiger charge is 2.66. The molecule has 8 heteroatoms. The number of nitrogens with zero attached hydrogens (tertiary/aromatic N) is 3. The van der Waals surface area contributed by atoms with Gasteiger partial charge in [-0.3, -0.25) is 4.57 Å². The zero-order valence-electron chi connectivity index (χ0n) is 9.00. The van der Waals surface area contributed by atoms with Gasteiger partial charge in [-0.05, 0) is 34.8 Å². The second-order valence-corrected chi connectivity index (χ2v) is 5.25. The average molecular weight is 321 g/mol. The molecule has 3 rings (SSSR count). The van der Waals surface area contributed by atoms with Gasteiger partial charge in [-0.2, -0.15) is 13.2 Å². The zero-order chi connectivity index (χ0) is 13.1. The fraction of sp³-hybridized carbons (Fsp3) is 0.400. The number of aromatic nitrogens is 3. The molecule has 18 heavy (non-hydrogen) atoms. The van der Waals surface area contributed by atoms with Gasteiger partial charge in [0.05, 0.1) is 0 Å². The number of nitrogen functional groups attached to an aromatic ring is 1. The quantitative estimate of drug-likeness (QED) is 0.879. The fourth-order valence-corrected chi connectivity index (χ4v) is 2.45. The van der Waals surface area contributed by atoms with Crippen LogP contribution < -0.4 is 5.73 Å². The summed E-state index contributed by atoms with van der Waals surface area (Å²) in [5, 5.41) is 0. The zero-order valence-corrected chi connectivity index (χ0v) is 10.6. The lowest BCUT2D eigenvalue weighted by Crippen LogP contribution is -2.35. The minimum atomic E-state index is -4.34. The molecule has 96 valence electrons. The van der Waals surface area contributed by atoms with Gasteiger partial charge in [0.15, 0.2) is 5.65 Å². The van der Waals surface area contributed by atoms with Crippen molar-refractivity contribution in [3.8, 4) is 0 Å². The molecule has 4 nitrogen and oxygen atoms in total. The summed E-state index contributed by atoms with van der Waals surface area (Å²) in [6.45, 7) is 0. The van der Waals surface area contributed by atoms with Crippen molar-refractivity contribution in [1.82, 2.24) is 14.5 Å². The largest absolute Gasteiger partial charge is 0.412 e. The van der Waals surface area contributed by atoms with Gasteiger partial charge in [0.25, 0.3) is 0 Å². The molecule has 0 spiro atoms. The van der Waals surface area contributed by atoms with Crippen molar-refractivity contribution in [3.63, 3.8) is 0 Å². The van der Waals surface area contributed by atoms with E-state index in [0.29, 0.717) is 9.99 Å². The minimum Gasteiger partial charge on any atom is -0.369 e. The Morgan fingerprint density at radius 2 is 2.06 bits per heavy atom. The van der Waals surface area contributed by atoms with Crippen LogP contribution in [0.2, 0.25) is 0 Å². The molecule has 0 radical (unpaired) electrons. The number of rotatable bonds is 1. The molecular formula is C10H8BrF3N4.